The standard InChI is InChI=1S/C23H18Cl2N2/c1-27-13-18-10-15(19-5-3-2-4-17(19)12-26)6-8-20(18)21(14-27)16-7-9-22(24)23(25)11-16/h2-11,21H,13-14H2,1H3. The smallest absolute Gasteiger partial charge is 0.0998 e. The molecule has 3 aromatic rings. The molecule has 0 radical (unpaired) electrons. The fourth-order valence-corrected chi connectivity index (χ4v) is 4.17. The van der Waals surface area contributed by atoms with Crippen molar-refractivity contribution >= 4 is 23.2 Å². The van der Waals surface area contributed by atoms with Gasteiger partial charge in [-0.15, -0.1) is 0 Å². The van der Waals surface area contributed by atoms with Crippen molar-refractivity contribution in [1.82, 2.24) is 4.90 Å². The lowest BCUT2D eigenvalue weighted by Crippen LogP contribution is -2.31. The van der Waals surface area contributed by atoms with Gasteiger partial charge in [-0.05, 0) is 59.1 Å². The van der Waals surface area contributed by atoms with E-state index in [0.29, 0.717) is 15.6 Å². The fourth-order valence-electron chi connectivity index (χ4n) is 3.86. The molecule has 1 aliphatic rings. The maximum absolute atomic E-state index is 9.42. The third-order valence-electron chi connectivity index (χ3n) is 5.16. The summed E-state index contributed by atoms with van der Waals surface area (Å²) in [5.41, 5.74) is 6.51. The number of hydrogen-bond donors (Lipinski definition) is 0. The molecule has 0 saturated heterocycles. The maximum Gasteiger partial charge on any atom is 0.0998 e. The van der Waals surface area contributed by atoms with Crippen molar-refractivity contribution in [3.63, 3.8) is 0 Å². The Labute approximate surface area is 169 Å². The van der Waals surface area contributed by atoms with Crippen LogP contribution in [0.5, 0.6) is 0 Å². The zero-order chi connectivity index (χ0) is 19.0. The highest BCUT2D eigenvalue weighted by molar-refractivity contribution is 6.42. The van der Waals surface area contributed by atoms with Gasteiger partial charge in [0.25, 0.3) is 0 Å². The molecular weight excluding hydrogens is 375 g/mol. The van der Waals surface area contributed by atoms with Gasteiger partial charge in [0.05, 0.1) is 21.7 Å². The first kappa shape index (κ1) is 18.1. The van der Waals surface area contributed by atoms with E-state index >= 15 is 0 Å². The van der Waals surface area contributed by atoms with Gasteiger partial charge >= 0.3 is 0 Å². The lowest BCUT2D eigenvalue weighted by Gasteiger charge is -2.33. The van der Waals surface area contributed by atoms with Crippen molar-refractivity contribution in [3.8, 4) is 17.2 Å². The summed E-state index contributed by atoms with van der Waals surface area (Å²) in [5.74, 6) is 0.244. The monoisotopic (exact) mass is 392 g/mol. The average molecular weight is 393 g/mol. The minimum absolute atomic E-state index is 0.244. The van der Waals surface area contributed by atoms with Crippen LogP contribution in [0.2, 0.25) is 10.0 Å². The van der Waals surface area contributed by atoms with Gasteiger partial charge in [-0.1, -0.05) is 59.6 Å². The van der Waals surface area contributed by atoms with Crippen molar-refractivity contribution < 1.29 is 0 Å². The minimum atomic E-state index is 0.244. The van der Waals surface area contributed by atoms with Crippen molar-refractivity contribution in [1.29, 1.82) is 5.26 Å². The average Bonchev–Trinajstić information content (AvgIpc) is 2.69. The number of nitrogens with zero attached hydrogens (tertiary/aromatic N) is 2. The Morgan fingerprint density at radius 2 is 1.81 bits per heavy atom. The van der Waals surface area contributed by atoms with Crippen molar-refractivity contribution in [2.75, 3.05) is 13.6 Å². The van der Waals surface area contributed by atoms with Crippen LogP contribution in [0.3, 0.4) is 0 Å². The van der Waals surface area contributed by atoms with E-state index in [1.807, 2.05) is 36.4 Å². The van der Waals surface area contributed by atoms with Crippen molar-refractivity contribution in [2.24, 2.45) is 0 Å². The second-order valence-corrected chi connectivity index (χ2v) is 7.81. The zero-order valence-corrected chi connectivity index (χ0v) is 16.4. The molecule has 1 aliphatic heterocycles. The number of rotatable bonds is 2. The molecule has 27 heavy (non-hydrogen) atoms. The van der Waals surface area contributed by atoms with Crippen LogP contribution in [0, 0.1) is 11.3 Å². The Morgan fingerprint density at radius 1 is 1.00 bits per heavy atom. The SMILES string of the molecule is CN1Cc2cc(-c3ccccc3C#N)ccc2C(c2ccc(Cl)c(Cl)c2)C1. The van der Waals surface area contributed by atoms with Gasteiger partial charge < -0.3 is 4.90 Å². The Kier molecular flexibility index (Phi) is 4.93. The highest BCUT2D eigenvalue weighted by atomic mass is 35.5. The summed E-state index contributed by atoms with van der Waals surface area (Å²) in [4.78, 5) is 2.31. The predicted molar refractivity (Wildman–Crippen MR) is 111 cm³/mol. The number of benzene rings is 3. The molecule has 0 spiro atoms. The van der Waals surface area contributed by atoms with Crippen LogP contribution in [0.1, 0.15) is 28.2 Å². The van der Waals surface area contributed by atoms with Crippen LogP contribution in [0.15, 0.2) is 60.7 Å². The summed E-state index contributed by atoms with van der Waals surface area (Å²) in [5, 5.41) is 10.6. The Bertz CT molecular complexity index is 1050. The molecule has 1 heterocycles. The predicted octanol–water partition coefficient (Wildman–Crippen LogP) is 6.11. The van der Waals surface area contributed by atoms with E-state index in [4.69, 9.17) is 23.2 Å². The van der Waals surface area contributed by atoms with E-state index in [0.717, 1.165) is 24.2 Å². The molecule has 1 atom stereocenters. The molecule has 0 saturated carbocycles. The Morgan fingerprint density at radius 3 is 2.59 bits per heavy atom. The summed E-state index contributed by atoms with van der Waals surface area (Å²) >= 11 is 12.4. The van der Waals surface area contributed by atoms with E-state index in [-0.39, 0.29) is 5.92 Å². The van der Waals surface area contributed by atoms with Gasteiger partial charge in [0.1, 0.15) is 0 Å². The molecule has 0 N–H and O–H groups in total. The lowest BCUT2D eigenvalue weighted by atomic mass is 9.83. The van der Waals surface area contributed by atoms with E-state index in [1.165, 1.54) is 16.7 Å². The van der Waals surface area contributed by atoms with Crippen molar-refractivity contribution in [3.05, 3.63) is 93.0 Å². The minimum Gasteiger partial charge on any atom is -0.301 e. The third-order valence-corrected chi connectivity index (χ3v) is 5.90. The second kappa shape index (κ2) is 7.37. The number of halogens is 2. The number of hydrogen-bond acceptors (Lipinski definition) is 2. The van der Waals surface area contributed by atoms with Crippen molar-refractivity contribution in [2.45, 2.75) is 12.5 Å². The Hall–Kier alpha value is -2.31. The van der Waals surface area contributed by atoms with Crippen LogP contribution >= 0.6 is 23.2 Å². The molecule has 0 aliphatic carbocycles. The van der Waals surface area contributed by atoms with Crippen LogP contribution in [0.25, 0.3) is 11.1 Å². The van der Waals surface area contributed by atoms with Crippen LogP contribution in [-0.2, 0) is 6.54 Å². The quantitative estimate of drug-likeness (QED) is 0.525. The van der Waals surface area contributed by atoms with E-state index in [2.05, 4.69) is 42.3 Å². The summed E-state index contributed by atoms with van der Waals surface area (Å²) < 4.78 is 0. The molecule has 3 aromatic carbocycles. The van der Waals surface area contributed by atoms with Gasteiger partial charge in [0.15, 0.2) is 0 Å². The topological polar surface area (TPSA) is 27.0 Å². The molecule has 0 bridgehead atoms. The van der Waals surface area contributed by atoms with E-state index in [9.17, 15) is 5.26 Å². The summed E-state index contributed by atoms with van der Waals surface area (Å²) in [6.45, 7) is 1.81. The zero-order valence-electron chi connectivity index (χ0n) is 14.9. The molecule has 0 fully saturated rings. The Balaban J connectivity index is 1.80. The van der Waals surface area contributed by atoms with Crippen LogP contribution < -0.4 is 0 Å². The normalized spacial score (nSPS) is 16.6. The van der Waals surface area contributed by atoms with Gasteiger partial charge in [-0.25, -0.2) is 0 Å². The first-order valence-electron chi connectivity index (χ1n) is 8.82. The number of nitriles is 1. The van der Waals surface area contributed by atoms with Gasteiger partial charge in [0.2, 0.25) is 0 Å². The van der Waals surface area contributed by atoms with Gasteiger partial charge in [-0.3, -0.25) is 0 Å². The van der Waals surface area contributed by atoms with Gasteiger partial charge in [-0.2, -0.15) is 5.26 Å². The lowest BCUT2D eigenvalue weighted by molar-refractivity contribution is 0.295. The molecule has 134 valence electrons. The van der Waals surface area contributed by atoms with Gasteiger partial charge in [0, 0.05) is 19.0 Å². The van der Waals surface area contributed by atoms with Crippen LogP contribution in [-0.4, -0.2) is 18.5 Å². The molecule has 1 unspecified atom stereocenters. The van der Waals surface area contributed by atoms with E-state index < -0.39 is 0 Å². The van der Waals surface area contributed by atoms with E-state index in [1.54, 1.807) is 0 Å². The third kappa shape index (κ3) is 3.47. The molecule has 4 heteroatoms. The number of likely N-dealkylation sites (N-methyl/N-ethyl adjacent to an activating group) is 1. The highest BCUT2D eigenvalue weighted by Crippen LogP contribution is 2.37. The highest BCUT2D eigenvalue weighted by Gasteiger charge is 2.25. The molecule has 4 rings (SSSR count). The molecule has 0 aromatic heterocycles. The summed E-state index contributed by atoms with van der Waals surface area (Å²) in [6.07, 6.45) is 0. The first-order valence-corrected chi connectivity index (χ1v) is 9.58. The summed E-state index contributed by atoms with van der Waals surface area (Å²) in [7, 11) is 2.13. The molecular formula is C23H18Cl2N2. The summed E-state index contributed by atoms with van der Waals surface area (Å²) in [6, 6.07) is 22.4. The fraction of sp³-hybridized carbons (Fsp3) is 0.174. The maximum atomic E-state index is 9.42. The second-order valence-electron chi connectivity index (χ2n) is 6.99. The number of fused-ring (bicyclic) bond motifs is 1. The molecule has 2 nitrogen and oxygen atoms in total. The first-order chi connectivity index (χ1) is 13.1. The largest absolute Gasteiger partial charge is 0.301 e. The molecule has 0 amide bonds. The van der Waals surface area contributed by atoms with Crippen LogP contribution in [0.4, 0.5) is 0 Å².